The van der Waals surface area contributed by atoms with Crippen LogP contribution in [-0.2, 0) is 23.8 Å². The van der Waals surface area contributed by atoms with Crippen LogP contribution in [0.25, 0.3) is 0 Å². The number of carbonyl (C=O) groups is 1. The number of ether oxygens (including phenoxy) is 6. The molecule has 1 aromatic carbocycles. The van der Waals surface area contributed by atoms with Crippen molar-refractivity contribution >= 4 is 11.8 Å². The van der Waals surface area contributed by atoms with Gasteiger partial charge in [0.1, 0.15) is 24.1 Å². The summed E-state index contributed by atoms with van der Waals surface area (Å²) >= 11 is 0. The summed E-state index contributed by atoms with van der Waals surface area (Å²) in [6.45, 7) is 12.7. The molecule has 1 aromatic rings. The zero-order valence-electron chi connectivity index (χ0n) is 34.8. The predicted molar refractivity (Wildman–Crippen MR) is 222 cm³/mol. The lowest BCUT2D eigenvalue weighted by atomic mass is 9.55. The predicted octanol–water partition coefficient (Wildman–Crippen LogP) is 5.56. The van der Waals surface area contributed by atoms with Crippen molar-refractivity contribution in [2.45, 2.75) is 94.7 Å². The van der Waals surface area contributed by atoms with E-state index in [1.807, 2.05) is 12.1 Å². The van der Waals surface area contributed by atoms with Crippen molar-refractivity contribution in [2.24, 2.45) is 22.9 Å². The number of aliphatic hydroxyl groups excluding tert-OH is 3. The Bertz CT molecular complexity index is 1560. The molecular weight excluding hydrogens is 759 g/mol. The lowest BCUT2D eigenvalue weighted by Gasteiger charge is -2.59. The molecule has 0 radical (unpaired) electrons. The maximum atomic E-state index is 14.4. The molecule has 7 unspecified atom stereocenters. The van der Waals surface area contributed by atoms with E-state index >= 15 is 0 Å². The molecule has 3 fully saturated rings. The Kier molecular flexibility index (Phi) is 17.5. The summed E-state index contributed by atoms with van der Waals surface area (Å²) in [7, 11) is 0. The van der Waals surface area contributed by atoms with Crippen LogP contribution in [0.5, 0.6) is 11.5 Å². The number of allylic oxidation sites excluding steroid dienone is 1. The van der Waals surface area contributed by atoms with E-state index in [9.17, 15) is 20.1 Å². The van der Waals surface area contributed by atoms with E-state index < -0.39 is 30.1 Å². The first-order valence-electron chi connectivity index (χ1n) is 21.9. The molecule has 3 N–H and O–H groups in total. The smallest absolute Gasteiger partial charge is 0.410 e. The highest BCUT2D eigenvalue weighted by atomic mass is 16.8. The summed E-state index contributed by atoms with van der Waals surface area (Å²) in [5.74, 6) is -0.565. The van der Waals surface area contributed by atoms with E-state index in [1.54, 1.807) is 17.1 Å². The molecule has 328 valence electrons. The molecule has 6 rings (SSSR count). The molecule has 7 atom stereocenters. The van der Waals surface area contributed by atoms with Crippen molar-refractivity contribution in [3.63, 3.8) is 0 Å². The van der Waals surface area contributed by atoms with Crippen LogP contribution in [0, 0.1) is 17.8 Å². The van der Waals surface area contributed by atoms with Gasteiger partial charge in [-0.25, -0.2) is 4.79 Å². The van der Waals surface area contributed by atoms with Crippen molar-refractivity contribution in [1.29, 1.82) is 0 Å². The lowest BCUT2D eigenvalue weighted by molar-refractivity contribution is -0.256. The third-order valence-electron chi connectivity index (χ3n) is 12.1. The van der Waals surface area contributed by atoms with Crippen molar-refractivity contribution in [1.82, 2.24) is 9.80 Å². The monoisotopic (exact) mass is 825 g/mol. The van der Waals surface area contributed by atoms with E-state index in [1.165, 1.54) is 0 Å². The van der Waals surface area contributed by atoms with E-state index in [2.05, 4.69) is 30.2 Å². The van der Waals surface area contributed by atoms with Crippen LogP contribution < -0.4 is 9.47 Å². The van der Waals surface area contributed by atoms with E-state index in [-0.39, 0.29) is 77.0 Å². The second-order valence-corrected chi connectivity index (χ2v) is 16.1. The lowest BCUT2D eigenvalue weighted by Crippen LogP contribution is -2.70. The molecule has 0 spiro atoms. The minimum absolute atomic E-state index is 0.0691. The number of unbranched alkanes of at least 4 members (excludes halogenated alkanes) is 2. The standard InChI is InChI=1S/C45H67N3O11/c1-3-5-25-56-44(52)48(20-27-53-29-23-51)40-32-38(46-59-41-14-8-11-26-55-41)36-30-33(12-6-9-21-49)35(13-7-10-22-50)42-37-31-34(54-28-19-47-17-18-47)15-16-39(37)58-45(40,43(36)42)57-24-4-2/h3-4,15-16,30-31,33,35,40-43,49-51H,1-2,5-14,17-29,32H2. The fourth-order valence-electron chi connectivity index (χ4n) is 9.26. The van der Waals surface area contributed by atoms with E-state index in [0.29, 0.717) is 43.9 Å². The number of nitrogens with zero attached hydrogens (tertiary/aromatic N) is 3. The van der Waals surface area contributed by atoms with Gasteiger partial charge in [0.25, 0.3) is 0 Å². The van der Waals surface area contributed by atoms with Gasteiger partial charge in [0.15, 0.2) is 0 Å². The number of aliphatic hydroxyl groups is 3. The second-order valence-electron chi connectivity index (χ2n) is 16.1. The highest BCUT2D eigenvalue weighted by molar-refractivity contribution is 6.03. The molecule has 5 aliphatic rings. The van der Waals surface area contributed by atoms with Crippen LogP contribution in [0.3, 0.4) is 0 Å². The van der Waals surface area contributed by atoms with Gasteiger partial charge in [-0.2, -0.15) is 0 Å². The second kappa shape index (κ2) is 22.9. The Labute approximate surface area is 349 Å². The minimum Gasteiger partial charge on any atom is -0.492 e. The Morgan fingerprint density at radius 1 is 1.00 bits per heavy atom. The van der Waals surface area contributed by atoms with Crippen LogP contribution >= 0.6 is 0 Å². The summed E-state index contributed by atoms with van der Waals surface area (Å²) < 4.78 is 38.3. The molecule has 14 heteroatoms. The van der Waals surface area contributed by atoms with Crippen LogP contribution in [0.4, 0.5) is 4.79 Å². The van der Waals surface area contributed by atoms with Crippen molar-refractivity contribution in [3.8, 4) is 11.5 Å². The summed E-state index contributed by atoms with van der Waals surface area (Å²) in [6.07, 6.45) is 12.6. The maximum Gasteiger partial charge on any atom is 0.410 e. The highest BCUT2D eigenvalue weighted by Crippen LogP contribution is 2.62. The molecule has 0 aromatic heterocycles. The van der Waals surface area contributed by atoms with Gasteiger partial charge >= 0.3 is 6.09 Å². The number of oxime groups is 1. The number of carbonyl (C=O) groups excluding carboxylic acids is 1. The Morgan fingerprint density at radius 2 is 1.83 bits per heavy atom. The quantitative estimate of drug-likeness (QED) is 0.0463. The van der Waals surface area contributed by atoms with Gasteiger partial charge in [-0.1, -0.05) is 36.2 Å². The van der Waals surface area contributed by atoms with E-state index in [4.69, 9.17) is 38.4 Å². The first-order valence-corrected chi connectivity index (χ1v) is 21.9. The van der Waals surface area contributed by atoms with Crippen LogP contribution in [0.2, 0.25) is 0 Å². The number of hydrogen-bond acceptors (Lipinski definition) is 13. The normalized spacial score (nSPS) is 27.8. The molecule has 3 aliphatic heterocycles. The van der Waals surface area contributed by atoms with Crippen molar-refractivity contribution in [3.05, 3.63) is 60.7 Å². The molecule has 2 saturated heterocycles. The molecule has 1 amide bonds. The number of fused-ring (bicyclic) bond motifs is 2. The molecule has 1 saturated carbocycles. The van der Waals surface area contributed by atoms with E-state index in [0.717, 1.165) is 81.5 Å². The average Bonchev–Trinajstić information content (AvgIpc) is 4.09. The zero-order chi connectivity index (χ0) is 41.5. The Hall–Kier alpha value is -3.50. The average molecular weight is 826 g/mol. The first-order chi connectivity index (χ1) is 29.0. The molecule has 3 heterocycles. The SMILES string of the molecule is C=CCCOC(=O)N(CCOCCO)C1CC(=NOC2CCCCO2)C2=CC(CCCCO)C(CCCCO)C3c4cc(OCCN5CC5)ccc4OC1(OCC=C)C23. The molecule has 14 nitrogen and oxygen atoms in total. The summed E-state index contributed by atoms with van der Waals surface area (Å²) in [6, 6.07) is 5.23. The topological polar surface area (TPSA) is 161 Å². The van der Waals surface area contributed by atoms with Crippen LogP contribution in [0.15, 0.2) is 60.3 Å². The number of benzene rings is 1. The molecule has 0 bridgehead atoms. The number of rotatable bonds is 26. The first kappa shape index (κ1) is 45.0. The Morgan fingerprint density at radius 3 is 2.56 bits per heavy atom. The van der Waals surface area contributed by atoms with Crippen molar-refractivity contribution < 1.29 is 53.4 Å². The largest absolute Gasteiger partial charge is 0.492 e. The maximum absolute atomic E-state index is 14.4. The third-order valence-corrected chi connectivity index (χ3v) is 12.1. The summed E-state index contributed by atoms with van der Waals surface area (Å²) in [5, 5.41) is 34.2. The zero-order valence-corrected chi connectivity index (χ0v) is 34.8. The van der Waals surface area contributed by atoms with Gasteiger partial charge in [0, 0.05) is 63.7 Å². The fourth-order valence-corrected chi connectivity index (χ4v) is 9.26. The fraction of sp³-hybridized carbons (Fsp3) is 0.689. The minimum atomic E-state index is -1.45. The van der Waals surface area contributed by atoms with Gasteiger partial charge < -0.3 is 48.6 Å². The van der Waals surface area contributed by atoms with Crippen molar-refractivity contribution in [2.75, 3.05) is 85.6 Å². The van der Waals surface area contributed by atoms with Gasteiger partial charge in [0.05, 0.1) is 51.3 Å². The third kappa shape index (κ3) is 11.5. The Balaban J connectivity index is 1.53. The van der Waals surface area contributed by atoms with Gasteiger partial charge in [-0.3, -0.25) is 9.80 Å². The number of amides is 1. The highest BCUT2D eigenvalue weighted by Gasteiger charge is 2.65. The molecule has 2 aliphatic carbocycles. The van der Waals surface area contributed by atoms with Crippen LogP contribution in [0.1, 0.15) is 82.1 Å². The van der Waals surface area contributed by atoms with Gasteiger partial charge in [0.2, 0.25) is 12.1 Å². The number of hydrogen-bond donors (Lipinski definition) is 3. The molecule has 59 heavy (non-hydrogen) atoms. The summed E-state index contributed by atoms with van der Waals surface area (Å²) in [5.41, 5.74) is 2.61. The summed E-state index contributed by atoms with van der Waals surface area (Å²) in [4.78, 5) is 24.6. The van der Waals surface area contributed by atoms with Crippen LogP contribution in [-0.4, -0.2) is 141 Å². The van der Waals surface area contributed by atoms with Gasteiger partial charge in [-0.15, -0.1) is 13.2 Å². The van der Waals surface area contributed by atoms with Gasteiger partial charge in [-0.05, 0) is 80.6 Å². The molecular formula is C45H67N3O11.